The van der Waals surface area contributed by atoms with Gasteiger partial charge in [0.2, 0.25) is 4.77 Å². The van der Waals surface area contributed by atoms with Crippen LogP contribution in [0.15, 0.2) is 6.33 Å². The fraction of sp³-hybridized carbons (Fsp3) is 0. The van der Waals surface area contributed by atoms with Gasteiger partial charge in [-0.25, -0.2) is 9.19 Å². The van der Waals surface area contributed by atoms with E-state index >= 15 is 0 Å². The van der Waals surface area contributed by atoms with Gasteiger partial charge in [0.15, 0.2) is 0 Å². The zero-order chi connectivity index (χ0) is 5.11. The molecule has 38 valence electrons. The fourth-order valence-electron chi connectivity index (χ4n) is 0.260. The zero-order valence-corrected chi connectivity index (χ0v) is 4.16. The zero-order valence-electron chi connectivity index (χ0n) is 3.34. The summed E-state index contributed by atoms with van der Waals surface area (Å²) in [6, 6.07) is 0. The van der Waals surface area contributed by atoms with Crippen LogP contribution in [0.1, 0.15) is 0 Å². The van der Waals surface area contributed by atoms with E-state index in [9.17, 15) is 4.21 Å². The minimum Gasteiger partial charge on any atom is -0.288 e. The van der Waals surface area contributed by atoms with Gasteiger partial charge in [-0.15, -0.1) is 0 Å². The number of hydrogen-bond donors (Lipinski definition) is 2. The molecule has 0 amide bonds. The number of nitrogens with one attached hydrogen (secondary N) is 2. The van der Waals surface area contributed by atoms with Gasteiger partial charge in [-0.3, -0.25) is 10.2 Å². The Balaban J connectivity index is 3.50. The van der Waals surface area contributed by atoms with Crippen LogP contribution in [0.3, 0.4) is 0 Å². The third-order valence-electron chi connectivity index (χ3n) is 0.504. The smallest absolute Gasteiger partial charge is 0.242 e. The summed E-state index contributed by atoms with van der Waals surface area (Å²) in [6.07, 6.45) is 1.42. The summed E-state index contributed by atoms with van der Waals surface area (Å²) in [5.41, 5.74) is 0. The van der Waals surface area contributed by atoms with Crippen LogP contribution < -0.4 is 0 Å². The van der Waals surface area contributed by atoms with E-state index in [1.165, 1.54) is 6.33 Å². The lowest BCUT2D eigenvalue weighted by Crippen LogP contribution is -1.64. The van der Waals surface area contributed by atoms with E-state index in [1.54, 1.807) is 0 Å². The minimum absolute atomic E-state index is 0.328. The highest BCUT2D eigenvalue weighted by Gasteiger charge is 1.70. The standard InChI is InChI=1S/C2H3N3OS/c6-7-2-3-1-4-5-2/h1,5H,(H,3,4). The van der Waals surface area contributed by atoms with Crippen molar-refractivity contribution in [2.75, 3.05) is 0 Å². The van der Waals surface area contributed by atoms with Crippen LogP contribution in [-0.4, -0.2) is 19.4 Å². The predicted octanol–water partition coefficient (Wildman–Crippen LogP) is -0.517. The number of rotatable bonds is 0. The molecular weight excluding hydrogens is 114 g/mol. The topological polar surface area (TPSA) is 61.5 Å². The Kier molecular flexibility index (Phi) is 1.08. The molecule has 0 saturated heterocycles. The lowest BCUT2D eigenvalue weighted by atomic mass is 11.3. The van der Waals surface area contributed by atoms with Crippen LogP contribution in [0.2, 0.25) is 0 Å². The van der Waals surface area contributed by atoms with Gasteiger partial charge in [0.25, 0.3) is 0 Å². The number of aromatic nitrogens is 3. The molecule has 0 bridgehead atoms. The Morgan fingerprint density at radius 3 is 3.00 bits per heavy atom. The molecule has 0 unspecified atom stereocenters. The monoisotopic (exact) mass is 117 g/mol. The average molecular weight is 117 g/mol. The highest BCUT2D eigenvalue weighted by Crippen LogP contribution is 1.61. The molecule has 0 spiro atoms. The second kappa shape index (κ2) is 1.74. The molecule has 0 aliphatic rings. The second-order valence-electron chi connectivity index (χ2n) is 0.916. The number of H-pyrrole nitrogens is 2. The highest BCUT2D eigenvalue weighted by atomic mass is 32.1. The normalized spacial score (nSPS) is 8.57. The summed E-state index contributed by atoms with van der Waals surface area (Å²) >= 11 is 0.328. The second-order valence-corrected chi connectivity index (χ2v) is 1.47. The van der Waals surface area contributed by atoms with Gasteiger partial charge in [-0.1, -0.05) is 0 Å². The van der Waals surface area contributed by atoms with Crippen molar-refractivity contribution < 1.29 is 4.21 Å². The lowest BCUT2D eigenvalue weighted by Gasteiger charge is -1.55. The summed E-state index contributed by atoms with van der Waals surface area (Å²) in [5.74, 6) is 0. The molecule has 1 aromatic rings. The van der Waals surface area contributed by atoms with E-state index in [2.05, 4.69) is 15.2 Å². The maximum atomic E-state index is 9.80. The molecule has 0 fully saturated rings. The number of aromatic amines is 2. The molecule has 0 aliphatic carbocycles. The van der Waals surface area contributed by atoms with Crippen molar-refractivity contribution in [3.63, 3.8) is 0 Å². The first-order chi connectivity index (χ1) is 3.43. The molecule has 5 heteroatoms. The first-order valence-corrected chi connectivity index (χ1v) is 2.38. The Hall–Kier alpha value is -0.840. The van der Waals surface area contributed by atoms with Crippen LogP contribution in [0.4, 0.5) is 0 Å². The van der Waals surface area contributed by atoms with Crippen LogP contribution in [-0.2, 0) is 11.3 Å². The molecule has 0 atom stereocenters. The van der Waals surface area contributed by atoms with E-state index < -0.39 is 0 Å². The van der Waals surface area contributed by atoms with Crippen LogP contribution in [0.5, 0.6) is 0 Å². The lowest BCUT2D eigenvalue weighted by molar-refractivity contribution is 0.698. The molecule has 0 aromatic carbocycles. The van der Waals surface area contributed by atoms with Gasteiger partial charge in [0, 0.05) is 0 Å². The molecule has 1 heterocycles. The van der Waals surface area contributed by atoms with Crippen LogP contribution >= 0.6 is 0 Å². The molecule has 0 saturated carbocycles. The van der Waals surface area contributed by atoms with Crippen LogP contribution in [0.25, 0.3) is 0 Å². The van der Waals surface area contributed by atoms with E-state index in [4.69, 9.17) is 0 Å². The largest absolute Gasteiger partial charge is 0.288 e. The number of nitrogens with zero attached hydrogens (tertiary/aromatic N) is 1. The Morgan fingerprint density at radius 1 is 1.86 bits per heavy atom. The van der Waals surface area contributed by atoms with Crippen molar-refractivity contribution in [3.05, 3.63) is 11.1 Å². The van der Waals surface area contributed by atoms with E-state index in [-0.39, 0.29) is 0 Å². The van der Waals surface area contributed by atoms with Gasteiger partial charge in [0.05, 0.1) is 0 Å². The minimum atomic E-state index is 0.328. The Morgan fingerprint density at radius 2 is 2.71 bits per heavy atom. The summed E-state index contributed by atoms with van der Waals surface area (Å²) < 4.78 is 10.2. The van der Waals surface area contributed by atoms with Crippen molar-refractivity contribution in [3.8, 4) is 0 Å². The molecule has 1 aromatic heterocycles. The van der Waals surface area contributed by atoms with Crippen molar-refractivity contribution in [1.29, 1.82) is 0 Å². The van der Waals surface area contributed by atoms with Gasteiger partial charge in [-0.2, -0.15) is 0 Å². The van der Waals surface area contributed by atoms with Crippen molar-refractivity contribution in [2.24, 2.45) is 0 Å². The molecule has 0 aliphatic heterocycles. The summed E-state index contributed by atoms with van der Waals surface area (Å²) in [7, 11) is 0. The SMILES string of the molecule is O=S=c1nc[nH][nH]1. The maximum Gasteiger partial charge on any atom is 0.242 e. The first-order valence-electron chi connectivity index (χ1n) is 1.64. The molecule has 0 radical (unpaired) electrons. The van der Waals surface area contributed by atoms with Gasteiger partial charge < -0.3 is 0 Å². The van der Waals surface area contributed by atoms with Gasteiger partial charge >= 0.3 is 0 Å². The van der Waals surface area contributed by atoms with Gasteiger partial charge in [-0.05, 0) is 0 Å². The Bertz CT molecular complexity index is 202. The fourth-order valence-corrected chi connectivity index (χ4v) is 0.456. The third kappa shape index (κ3) is 0.774. The summed E-state index contributed by atoms with van der Waals surface area (Å²) in [5, 5.41) is 5.02. The van der Waals surface area contributed by atoms with E-state index in [0.29, 0.717) is 16.0 Å². The van der Waals surface area contributed by atoms with Crippen molar-refractivity contribution >= 4 is 11.3 Å². The maximum absolute atomic E-state index is 9.80. The molecule has 4 nitrogen and oxygen atoms in total. The van der Waals surface area contributed by atoms with E-state index in [0.717, 1.165) is 0 Å². The number of hydrogen-bond acceptors (Lipinski definition) is 2. The average Bonchev–Trinajstić information content (AvgIpc) is 2.14. The van der Waals surface area contributed by atoms with Crippen molar-refractivity contribution in [2.45, 2.75) is 0 Å². The van der Waals surface area contributed by atoms with E-state index in [1.807, 2.05) is 0 Å². The first kappa shape index (κ1) is 4.32. The van der Waals surface area contributed by atoms with Crippen molar-refractivity contribution in [1.82, 2.24) is 15.2 Å². The third-order valence-corrected chi connectivity index (χ3v) is 0.870. The molecule has 2 N–H and O–H groups in total. The Labute approximate surface area is 42.7 Å². The molecule has 1 rings (SSSR count). The summed E-state index contributed by atoms with van der Waals surface area (Å²) in [6.45, 7) is 0. The highest BCUT2D eigenvalue weighted by molar-refractivity contribution is 7.56. The predicted molar refractivity (Wildman–Crippen MR) is 24.3 cm³/mol. The molecular formula is C2H3N3OS. The molecule has 7 heavy (non-hydrogen) atoms. The van der Waals surface area contributed by atoms with Gasteiger partial charge in [0.1, 0.15) is 17.6 Å². The quantitative estimate of drug-likeness (QED) is 0.449. The van der Waals surface area contributed by atoms with Crippen LogP contribution in [0, 0.1) is 4.77 Å². The summed E-state index contributed by atoms with van der Waals surface area (Å²) in [4.78, 5) is 3.57.